The summed E-state index contributed by atoms with van der Waals surface area (Å²) in [6.45, 7) is 12.1. The lowest BCUT2D eigenvalue weighted by molar-refractivity contribution is -0.143. The van der Waals surface area contributed by atoms with Crippen LogP contribution in [0.5, 0.6) is 0 Å². The van der Waals surface area contributed by atoms with Gasteiger partial charge in [0.25, 0.3) is 0 Å². The van der Waals surface area contributed by atoms with Crippen LogP contribution in [0.3, 0.4) is 0 Å². The van der Waals surface area contributed by atoms with E-state index in [-0.39, 0.29) is 18.8 Å². The van der Waals surface area contributed by atoms with Crippen molar-refractivity contribution in [3.63, 3.8) is 0 Å². The third kappa shape index (κ3) is 9.86. The summed E-state index contributed by atoms with van der Waals surface area (Å²) in [6, 6.07) is 0. The zero-order valence-electron chi connectivity index (χ0n) is 11.1. The average Bonchev–Trinajstić information content (AvgIpc) is 2.35. The molecule has 0 saturated carbocycles. The smallest absolute Gasteiger partial charge is 0.330 e. The second kappa shape index (κ2) is 10.8. The summed E-state index contributed by atoms with van der Waals surface area (Å²) in [5.74, 6) is -0.448. The molecule has 5 heteroatoms. The van der Waals surface area contributed by atoms with E-state index in [9.17, 15) is 4.79 Å². The van der Waals surface area contributed by atoms with Crippen molar-refractivity contribution in [1.82, 2.24) is 0 Å². The van der Waals surface area contributed by atoms with Gasteiger partial charge in [-0.25, -0.2) is 4.79 Å². The fourth-order valence-corrected chi connectivity index (χ4v) is 1.17. The minimum absolute atomic E-state index is 0.0776. The summed E-state index contributed by atoms with van der Waals surface area (Å²) < 4.78 is 20.6. The van der Waals surface area contributed by atoms with Gasteiger partial charge in [-0.05, 0) is 13.8 Å². The number of hydrogen-bond donors (Lipinski definition) is 0. The van der Waals surface area contributed by atoms with Crippen LogP contribution >= 0.6 is 0 Å². The third-order valence-electron chi connectivity index (χ3n) is 1.91. The molecular formula is C13H22O5. The second-order valence-corrected chi connectivity index (χ2v) is 3.70. The quantitative estimate of drug-likeness (QED) is 0.244. The summed E-state index contributed by atoms with van der Waals surface area (Å²) in [5, 5.41) is 0. The van der Waals surface area contributed by atoms with Crippen LogP contribution < -0.4 is 0 Å². The van der Waals surface area contributed by atoms with Gasteiger partial charge < -0.3 is 18.9 Å². The van der Waals surface area contributed by atoms with E-state index >= 15 is 0 Å². The monoisotopic (exact) mass is 258 g/mol. The molecule has 2 unspecified atom stereocenters. The molecule has 0 heterocycles. The lowest BCUT2D eigenvalue weighted by Crippen LogP contribution is -2.26. The molecule has 0 aliphatic carbocycles. The molecule has 0 aliphatic heterocycles. The van der Waals surface area contributed by atoms with Crippen molar-refractivity contribution in [1.29, 1.82) is 0 Å². The van der Waals surface area contributed by atoms with Crippen LogP contribution in [0.2, 0.25) is 0 Å². The minimum Gasteiger partial charge on any atom is -0.499 e. The number of esters is 1. The first-order valence-electron chi connectivity index (χ1n) is 5.85. The van der Waals surface area contributed by atoms with E-state index in [1.54, 1.807) is 0 Å². The molecule has 0 spiro atoms. The Kier molecular flexibility index (Phi) is 10.0. The van der Waals surface area contributed by atoms with Gasteiger partial charge >= 0.3 is 5.97 Å². The Morgan fingerprint density at radius 3 is 2.44 bits per heavy atom. The SMILES string of the molecule is C=COCCOCC(C)OC(C)COC(=O)C=C. The zero-order valence-corrected chi connectivity index (χ0v) is 11.1. The Balaban J connectivity index is 3.54. The van der Waals surface area contributed by atoms with Crippen molar-refractivity contribution >= 4 is 5.97 Å². The molecular weight excluding hydrogens is 236 g/mol. The lowest BCUT2D eigenvalue weighted by Gasteiger charge is -2.18. The predicted molar refractivity (Wildman–Crippen MR) is 68.1 cm³/mol. The van der Waals surface area contributed by atoms with Gasteiger partial charge in [-0.3, -0.25) is 0 Å². The number of hydrogen-bond acceptors (Lipinski definition) is 5. The summed E-state index contributed by atoms with van der Waals surface area (Å²) in [4.78, 5) is 10.8. The first-order chi connectivity index (χ1) is 8.60. The molecule has 0 aromatic heterocycles. The van der Waals surface area contributed by atoms with E-state index < -0.39 is 5.97 Å². The number of ether oxygens (including phenoxy) is 4. The van der Waals surface area contributed by atoms with Gasteiger partial charge in [0, 0.05) is 6.08 Å². The Hall–Kier alpha value is -1.33. The van der Waals surface area contributed by atoms with Gasteiger partial charge in [0.15, 0.2) is 0 Å². The van der Waals surface area contributed by atoms with Crippen molar-refractivity contribution in [2.24, 2.45) is 0 Å². The highest BCUT2D eigenvalue weighted by Crippen LogP contribution is 2.00. The van der Waals surface area contributed by atoms with Crippen molar-refractivity contribution < 1.29 is 23.7 Å². The molecule has 0 rings (SSSR count). The largest absolute Gasteiger partial charge is 0.499 e. The molecule has 0 amide bonds. The molecule has 0 saturated heterocycles. The summed E-state index contributed by atoms with van der Waals surface area (Å²) >= 11 is 0. The Morgan fingerprint density at radius 1 is 1.17 bits per heavy atom. The summed E-state index contributed by atoms with van der Waals surface area (Å²) in [5.41, 5.74) is 0. The standard InChI is InChI=1S/C13H22O5/c1-5-13(14)17-10-12(4)18-11(3)9-16-8-7-15-6-2/h5-6,11-12H,1-2,7-10H2,3-4H3. The highest BCUT2D eigenvalue weighted by molar-refractivity contribution is 5.81. The average molecular weight is 258 g/mol. The molecule has 0 aromatic carbocycles. The Labute approximate surface area is 108 Å². The Bertz CT molecular complexity index is 252. The second-order valence-electron chi connectivity index (χ2n) is 3.70. The molecule has 0 aliphatic rings. The molecule has 0 N–H and O–H groups in total. The van der Waals surface area contributed by atoms with Crippen LogP contribution in [0, 0.1) is 0 Å². The molecule has 5 nitrogen and oxygen atoms in total. The normalized spacial score (nSPS) is 13.4. The van der Waals surface area contributed by atoms with Gasteiger partial charge in [0.1, 0.15) is 13.2 Å². The van der Waals surface area contributed by atoms with E-state index in [2.05, 4.69) is 13.2 Å². The van der Waals surface area contributed by atoms with E-state index in [0.717, 1.165) is 6.08 Å². The van der Waals surface area contributed by atoms with Crippen LogP contribution in [0.15, 0.2) is 25.5 Å². The van der Waals surface area contributed by atoms with Gasteiger partial charge in [0.05, 0.1) is 31.7 Å². The highest BCUT2D eigenvalue weighted by Gasteiger charge is 2.10. The molecule has 0 fully saturated rings. The van der Waals surface area contributed by atoms with Gasteiger partial charge in [-0.2, -0.15) is 0 Å². The topological polar surface area (TPSA) is 54.0 Å². The van der Waals surface area contributed by atoms with Crippen LogP contribution in [-0.2, 0) is 23.7 Å². The maximum atomic E-state index is 10.8. The van der Waals surface area contributed by atoms with E-state index in [1.165, 1.54) is 6.26 Å². The maximum absolute atomic E-state index is 10.8. The first kappa shape index (κ1) is 16.7. The maximum Gasteiger partial charge on any atom is 0.330 e. The first-order valence-corrected chi connectivity index (χ1v) is 5.85. The Morgan fingerprint density at radius 2 is 1.83 bits per heavy atom. The van der Waals surface area contributed by atoms with Gasteiger partial charge in [-0.1, -0.05) is 13.2 Å². The van der Waals surface area contributed by atoms with Gasteiger partial charge in [-0.15, -0.1) is 0 Å². The zero-order chi connectivity index (χ0) is 13.8. The van der Waals surface area contributed by atoms with Crippen LogP contribution in [0.4, 0.5) is 0 Å². The fraction of sp³-hybridized carbons (Fsp3) is 0.615. The molecule has 18 heavy (non-hydrogen) atoms. The summed E-state index contributed by atoms with van der Waals surface area (Å²) in [7, 11) is 0. The van der Waals surface area contributed by atoms with Crippen LogP contribution in [-0.4, -0.2) is 44.6 Å². The third-order valence-corrected chi connectivity index (χ3v) is 1.91. The van der Waals surface area contributed by atoms with Crippen molar-refractivity contribution in [3.8, 4) is 0 Å². The molecule has 0 radical (unpaired) electrons. The number of carbonyl (C=O) groups is 1. The summed E-state index contributed by atoms with van der Waals surface area (Å²) in [6.07, 6.45) is 2.24. The molecule has 0 aromatic rings. The fourth-order valence-electron chi connectivity index (χ4n) is 1.17. The van der Waals surface area contributed by atoms with Gasteiger partial charge in [0.2, 0.25) is 0 Å². The van der Waals surface area contributed by atoms with E-state index in [4.69, 9.17) is 18.9 Å². The number of carbonyl (C=O) groups excluding carboxylic acids is 1. The minimum atomic E-state index is -0.448. The molecule has 2 atom stereocenters. The van der Waals surface area contributed by atoms with Crippen LogP contribution in [0.25, 0.3) is 0 Å². The van der Waals surface area contributed by atoms with Crippen molar-refractivity contribution in [2.45, 2.75) is 26.1 Å². The van der Waals surface area contributed by atoms with E-state index in [1.807, 2.05) is 13.8 Å². The molecule has 0 bridgehead atoms. The highest BCUT2D eigenvalue weighted by atomic mass is 16.6. The van der Waals surface area contributed by atoms with Crippen molar-refractivity contribution in [2.75, 3.05) is 26.4 Å². The number of rotatable bonds is 11. The van der Waals surface area contributed by atoms with Crippen molar-refractivity contribution in [3.05, 3.63) is 25.5 Å². The van der Waals surface area contributed by atoms with Crippen LogP contribution in [0.1, 0.15) is 13.8 Å². The molecule has 104 valence electrons. The predicted octanol–water partition coefficient (Wildman–Crippen LogP) is 1.69. The lowest BCUT2D eigenvalue weighted by atomic mass is 10.4. The van der Waals surface area contributed by atoms with E-state index in [0.29, 0.717) is 19.8 Å².